The van der Waals surface area contributed by atoms with Crippen LogP contribution >= 0.6 is 23.2 Å². The smallest absolute Gasteiger partial charge is 0.163 e. The minimum atomic E-state index is 0.386. The van der Waals surface area contributed by atoms with E-state index in [2.05, 4.69) is 9.97 Å². The third-order valence-corrected chi connectivity index (χ3v) is 3.89. The van der Waals surface area contributed by atoms with Crippen LogP contribution in [0.25, 0.3) is 22.3 Å². The third-order valence-electron chi connectivity index (χ3n) is 3.27. The van der Waals surface area contributed by atoms with Gasteiger partial charge in [-0.05, 0) is 36.8 Å². The lowest BCUT2D eigenvalue weighted by molar-refractivity contribution is 0.415. The van der Waals surface area contributed by atoms with Crippen LogP contribution in [0.1, 0.15) is 5.56 Å². The van der Waals surface area contributed by atoms with E-state index in [4.69, 9.17) is 27.9 Å². The van der Waals surface area contributed by atoms with Crippen molar-refractivity contribution in [2.45, 2.75) is 6.92 Å². The molecule has 0 fully saturated rings. The maximum atomic E-state index is 6.32. The van der Waals surface area contributed by atoms with Gasteiger partial charge >= 0.3 is 0 Å². The highest BCUT2D eigenvalue weighted by Crippen LogP contribution is 2.32. The number of ether oxygens (including phenoxy) is 1. The van der Waals surface area contributed by atoms with Crippen LogP contribution in [-0.2, 0) is 0 Å². The Labute approximate surface area is 132 Å². The molecule has 0 amide bonds. The normalized spacial score (nSPS) is 10.9. The summed E-state index contributed by atoms with van der Waals surface area (Å²) < 4.78 is 5.26. The van der Waals surface area contributed by atoms with Gasteiger partial charge in [0.1, 0.15) is 10.9 Å². The molecule has 0 saturated carbocycles. The van der Waals surface area contributed by atoms with Crippen LogP contribution in [0, 0.1) is 6.92 Å². The first-order chi connectivity index (χ1) is 10.1. The summed E-state index contributed by atoms with van der Waals surface area (Å²) in [4.78, 5) is 8.97. The average molecular weight is 319 g/mol. The van der Waals surface area contributed by atoms with Crippen molar-refractivity contribution in [3.05, 3.63) is 52.1 Å². The first kappa shape index (κ1) is 14.1. The molecule has 1 aromatic heterocycles. The Hall–Kier alpha value is -1.84. The monoisotopic (exact) mass is 318 g/mol. The molecule has 21 heavy (non-hydrogen) atoms. The SMILES string of the molecule is COc1cc(C)c2nc(-c3ccccc3Cl)nc(Cl)c2c1. The Balaban J connectivity index is 2.29. The molecule has 3 aromatic rings. The second-order valence-electron chi connectivity index (χ2n) is 4.66. The van der Waals surface area contributed by atoms with Crippen molar-refractivity contribution < 1.29 is 4.74 Å². The molecule has 3 rings (SSSR count). The number of hydrogen-bond acceptors (Lipinski definition) is 3. The number of benzene rings is 2. The highest BCUT2D eigenvalue weighted by molar-refractivity contribution is 6.35. The minimum Gasteiger partial charge on any atom is -0.497 e. The van der Waals surface area contributed by atoms with Gasteiger partial charge in [-0.2, -0.15) is 0 Å². The quantitative estimate of drug-likeness (QED) is 0.629. The molecule has 106 valence electrons. The molecule has 1 heterocycles. The van der Waals surface area contributed by atoms with Gasteiger partial charge in [-0.3, -0.25) is 0 Å². The summed E-state index contributed by atoms with van der Waals surface area (Å²) in [5, 5.41) is 1.75. The second-order valence-corrected chi connectivity index (χ2v) is 5.42. The molecule has 0 aliphatic carbocycles. The van der Waals surface area contributed by atoms with E-state index in [1.165, 1.54) is 0 Å². The zero-order valence-electron chi connectivity index (χ0n) is 11.5. The summed E-state index contributed by atoms with van der Waals surface area (Å²) in [6.07, 6.45) is 0. The zero-order valence-corrected chi connectivity index (χ0v) is 13.0. The number of fused-ring (bicyclic) bond motifs is 1. The molecule has 0 N–H and O–H groups in total. The van der Waals surface area contributed by atoms with Crippen molar-refractivity contribution in [1.29, 1.82) is 0 Å². The van der Waals surface area contributed by atoms with E-state index in [1.807, 2.05) is 37.3 Å². The molecule has 2 aromatic carbocycles. The van der Waals surface area contributed by atoms with E-state index in [0.29, 0.717) is 16.0 Å². The van der Waals surface area contributed by atoms with E-state index >= 15 is 0 Å². The fraction of sp³-hybridized carbons (Fsp3) is 0.125. The van der Waals surface area contributed by atoms with Crippen molar-refractivity contribution in [3.63, 3.8) is 0 Å². The Morgan fingerprint density at radius 2 is 1.81 bits per heavy atom. The number of nitrogens with zero attached hydrogens (tertiary/aromatic N) is 2. The zero-order chi connectivity index (χ0) is 15.0. The molecule has 0 atom stereocenters. The van der Waals surface area contributed by atoms with Gasteiger partial charge in [0, 0.05) is 10.9 Å². The van der Waals surface area contributed by atoms with E-state index in [-0.39, 0.29) is 0 Å². The summed E-state index contributed by atoms with van der Waals surface area (Å²) in [6, 6.07) is 11.2. The van der Waals surface area contributed by atoms with Gasteiger partial charge in [0.15, 0.2) is 5.82 Å². The molecule has 0 bridgehead atoms. The Bertz CT molecular complexity index is 834. The molecule has 0 aliphatic rings. The lowest BCUT2D eigenvalue weighted by atomic mass is 10.1. The maximum Gasteiger partial charge on any atom is 0.163 e. The standard InChI is InChI=1S/C16H12Cl2N2O/c1-9-7-10(21-2)8-12-14(9)19-16(20-15(12)18)11-5-3-4-6-13(11)17/h3-8H,1-2H3. The molecular weight excluding hydrogens is 307 g/mol. The van der Waals surface area contributed by atoms with Crippen LogP contribution in [0.3, 0.4) is 0 Å². The van der Waals surface area contributed by atoms with Crippen molar-refractivity contribution in [1.82, 2.24) is 9.97 Å². The predicted octanol–water partition coefficient (Wildman–Crippen LogP) is 4.92. The van der Waals surface area contributed by atoms with Gasteiger partial charge in [-0.25, -0.2) is 9.97 Å². The summed E-state index contributed by atoms with van der Waals surface area (Å²) in [5.41, 5.74) is 2.53. The highest BCUT2D eigenvalue weighted by atomic mass is 35.5. The Morgan fingerprint density at radius 1 is 1.05 bits per heavy atom. The van der Waals surface area contributed by atoms with Crippen LogP contribution in [0.15, 0.2) is 36.4 Å². The largest absolute Gasteiger partial charge is 0.497 e. The molecule has 5 heteroatoms. The van der Waals surface area contributed by atoms with Crippen LogP contribution in [0.2, 0.25) is 10.2 Å². The van der Waals surface area contributed by atoms with Crippen molar-refractivity contribution >= 4 is 34.1 Å². The second kappa shape index (κ2) is 5.51. The molecule has 3 nitrogen and oxygen atoms in total. The van der Waals surface area contributed by atoms with Crippen molar-refractivity contribution in [3.8, 4) is 17.1 Å². The number of methoxy groups -OCH3 is 1. The maximum absolute atomic E-state index is 6.32. The molecule has 0 unspecified atom stereocenters. The molecule has 0 radical (unpaired) electrons. The van der Waals surface area contributed by atoms with Gasteiger partial charge in [-0.15, -0.1) is 0 Å². The molecule has 0 saturated heterocycles. The molecule has 0 spiro atoms. The first-order valence-corrected chi connectivity index (χ1v) is 7.12. The van der Waals surface area contributed by atoms with Gasteiger partial charge in [-0.1, -0.05) is 35.3 Å². The van der Waals surface area contributed by atoms with Crippen molar-refractivity contribution in [2.75, 3.05) is 7.11 Å². The average Bonchev–Trinajstić information content (AvgIpc) is 2.48. The van der Waals surface area contributed by atoms with E-state index in [9.17, 15) is 0 Å². The molecular formula is C16H12Cl2N2O. The van der Waals surface area contributed by atoms with E-state index in [0.717, 1.165) is 27.8 Å². The van der Waals surface area contributed by atoms with Crippen molar-refractivity contribution in [2.24, 2.45) is 0 Å². The summed E-state index contributed by atoms with van der Waals surface area (Å²) in [7, 11) is 1.62. The number of aryl methyl sites for hydroxylation is 1. The van der Waals surface area contributed by atoms with Crippen LogP contribution in [-0.4, -0.2) is 17.1 Å². The van der Waals surface area contributed by atoms with Gasteiger partial charge in [0.25, 0.3) is 0 Å². The molecule has 0 aliphatic heterocycles. The minimum absolute atomic E-state index is 0.386. The third kappa shape index (κ3) is 2.55. The highest BCUT2D eigenvalue weighted by Gasteiger charge is 2.13. The fourth-order valence-electron chi connectivity index (χ4n) is 2.22. The van der Waals surface area contributed by atoms with Crippen LogP contribution in [0.4, 0.5) is 0 Å². The number of halogens is 2. The Kier molecular flexibility index (Phi) is 3.70. The van der Waals surface area contributed by atoms with Gasteiger partial charge < -0.3 is 4.74 Å². The van der Waals surface area contributed by atoms with E-state index < -0.39 is 0 Å². The lowest BCUT2D eigenvalue weighted by Crippen LogP contribution is -1.95. The number of aromatic nitrogens is 2. The first-order valence-electron chi connectivity index (χ1n) is 6.37. The number of hydrogen-bond donors (Lipinski definition) is 0. The summed E-state index contributed by atoms with van der Waals surface area (Å²) >= 11 is 12.5. The van der Waals surface area contributed by atoms with E-state index in [1.54, 1.807) is 13.2 Å². The number of rotatable bonds is 2. The fourth-order valence-corrected chi connectivity index (χ4v) is 2.66. The summed E-state index contributed by atoms with van der Waals surface area (Å²) in [6.45, 7) is 1.96. The van der Waals surface area contributed by atoms with Gasteiger partial charge in [0.05, 0.1) is 17.6 Å². The van der Waals surface area contributed by atoms with Gasteiger partial charge in [0.2, 0.25) is 0 Å². The van der Waals surface area contributed by atoms with Crippen LogP contribution < -0.4 is 4.74 Å². The van der Waals surface area contributed by atoms with Crippen LogP contribution in [0.5, 0.6) is 5.75 Å². The summed E-state index contributed by atoms with van der Waals surface area (Å²) in [5.74, 6) is 1.25. The lowest BCUT2D eigenvalue weighted by Gasteiger charge is -2.09. The topological polar surface area (TPSA) is 35.0 Å². The predicted molar refractivity (Wildman–Crippen MR) is 86.3 cm³/mol. The Morgan fingerprint density at radius 3 is 2.52 bits per heavy atom.